The molecule has 0 amide bonds. The Morgan fingerprint density at radius 3 is 2.78 bits per heavy atom. The Balaban J connectivity index is 1.61. The highest BCUT2D eigenvalue weighted by Gasteiger charge is 2.20. The highest BCUT2D eigenvalue weighted by molar-refractivity contribution is 7.93. The first-order valence-electron chi connectivity index (χ1n) is 8.51. The fourth-order valence-electron chi connectivity index (χ4n) is 2.69. The molecule has 0 radical (unpaired) electrons. The van der Waals surface area contributed by atoms with E-state index in [0.717, 1.165) is 16.9 Å². The van der Waals surface area contributed by atoms with Crippen molar-refractivity contribution in [2.75, 3.05) is 24.5 Å². The second-order valence-electron chi connectivity index (χ2n) is 5.85. The van der Waals surface area contributed by atoms with Gasteiger partial charge in [0.25, 0.3) is 10.0 Å². The number of ether oxygens (including phenoxy) is 3. The molecule has 142 valence electrons. The van der Waals surface area contributed by atoms with Crippen LogP contribution < -0.4 is 18.9 Å². The molecule has 1 aliphatic heterocycles. The highest BCUT2D eigenvalue weighted by atomic mass is 32.2. The number of nitrogens with zero attached hydrogens (tertiary/aromatic N) is 1. The Labute approximate surface area is 161 Å². The first kappa shape index (κ1) is 17.9. The summed E-state index contributed by atoms with van der Waals surface area (Å²) in [5.74, 6) is 1.71. The zero-order valence-electron chi connectivity index (χ0n) is 14.6. The van der Waals surface area contributed by atoms with Crippen LogP contribution in [-0.2, 0) is 10.0 Å². The Bertz CT molecular complexity index is 1080. The molecule has 3 aromatic rings. The zero-order chi connectivity index (χ0) is 18.9. The molecule has 27 heavy (non-hydrogen) atoms. The van der Waals surface area contributed by atoms with Gasteiger partial charge in [-0.25, -0.2) is 13.4 Å². The van der Waals surface area contributed by atoms with Gasteiger partial charge >= 0.3 is 0 Å². The van der Waals surface area contributed by atoms with Gasteiger partial charge in [0.1, 0.15) is 5.75 Å². The van der Waals surface area contributed by atoms with E-state index in [1.807, 2.05) is 25.1 Å². The lowest BCUT2D eigenvalue weighted by atomic mass is 10.3. The molecule has 2 heterocycles. The van der Waals surface area contributed by atoms with Gasteiger partial charge in [0.05, 0.1) is 34.9 Å². The minimum atomic E-state index is -3.80. The standard InChI is InChI=1S/C18H18N2O5S2/c1-2-23-12-4-6-14-17(10-12)26-18(19-14)20-27(21,22)13-5-7-15-16(11-13)25-9-3-8-24-15/h4-7,10-11H,2-3,8-9H2,1H3,(H,19,20). The lowest BCUT2D eigenvalue weighted by Gasteiger charge is -2.10. The molecule has 7 nitrogen and oxygen atoms in total. The van der Waals surface area contributed by atoms with Crippen LogP contribution in [0.3, 0.4) is 0 Å². The fraction of sp³-hybridized carbons (Fsp3) is 0.278. The van der Waals surface area contributed by atoms with Gasteiger partial charge in [0.2, 0.25) is 0 Å². The van der Waals surface area contributed by atoms with Crippen molar-refractivity contribution in [3.05, 3.63) is 36.4 Å². The Hall–Kier alpha value is -2.52. The van der Waals surface area contributed by atoms with E-state index in [0.29, 0.717) is 42.0 Å². The molecule has 0 bridgehead atoms. The second kappa shape index (κ2) is 7.24. The van der Waals surface area contributed by atoms with Crippen LogP contribution in [0.1, 0.15) is 13.3 Å². The Kier molecular flexibility index (Phi) is 4.79. The third-order valence-corrected chi connectivity index (χ3v) is 6.32. The lowest BCUT2D eigenvalue weighted by molar-refractivity contribution is 0.297. The number of hydrogen-bond donors (Lipinski definition) is 1. The predicted octanol–water partition coefficient (Wildman–Crippen LogP) is 3.66. The van der Waals surface area contributed by atoms with Gasteiger partial charge in [0, 0.05) is 12.5 Å². The van der Waals surface area contributed by atoms with E-state index in [1.54, 1.807) is 6.07 Å². The third kappa shape index (κ3) is 3.79. The van der Waals surface area contributed by atoms with E-state index in [9.17, 15) is 8.42 Å². The normalized spacial score (nSPS) is 14.0. The van der Waals surface area contributed by atoms with Crippen molar-refractivity contribution < 1.29 is 22.6 Å². The average Bonchev–Trinajstić information content (AvgIpc) is 2.87. The summed E-state index contributed by atoms with van der Waals surface area (Å²) in [6.07, 6.45) is 0.754. The van der Waals surface area contributed by atoms with E-state index in [-0.39, 0.29) is 4.90 Å². The van der Waals surface area contributed by atoms with E-state index in [4.69, 9.17) is 14.2 Å². The SMILES string of the molecule is CCOc1ccc2nc(NS(=O)(=O)c3ccc4c(c3)OCCCO4)sc2c1. The fourth-order valence-corrected chi connectivity index (χ4v) is 4.83. The number of thiazole rings is 1. The minimum Gasteiger partial charge on any atom is -0.494 e. The summed E-state index contributed by atoms with van der Waals surface area (Å²) < 4.78 is 45.5. The topological polar surface area (TPSA) is 86.8 Å². The Morgan fingerprint density at radius 1 is 1.15 bits per heavy atom. The summed E-state index contributed by atoms with van der Waals surface area (Å²) in [6.45, 7) is 3.51. The van der Waals surface area contributed by atoms with Crippen molar-refractivity contribution in [1.82, 2.24) is 4.98 Å². The maximum atomic E-state index is 12.8. The average molecular weight is 406 g/mol. The van der Waals surface area contributed by atoms with Crippen LogP contribution in [0.4, 0.5) is 5.13 Å². The van der Waals surface area contributed by atoms with E-state index >= 15 is 0 Å². The Morgan fingerprint density at radius 2 is 1.96 bits per heavy atom. The molecule has 0 unspecified atom stereocenters. The summed E-state index contributed by atoms with van der Waals surface area (Å²) in [6, 6.07) is 10.1. The number of sulfonamides is 1. The monoisotopic (exact) mass is 406 g/mol. The number of aromatic nitrogens is 1. The molecule has 1 aromatic heterocycles. The smallest absolute Gasteiger partial charge is 0.263 e. The molecule has 0 atom stereocenters. The lowest BCUT2D eigenvalue weighted by Crippen LogP contribution is -2.13. The number of anilines is 1. The van der Waals surface area contributed by atoms with Crippen LogP contribution in [0.25, 0.3) is 10.2 Å². The molecule has 0 aliphatic carbocycles. The van der Waals surface area contributed by atoms with E-state index in [1.165, 1.54) is 23.5 Å². The van der Waals surface area contributed by atoms with Crippen molar-refractivity contribution in [2.24, 2.45) is 0 Å². The third-order valence-electron chi connectivity index (χ3n) is 3.92. The van der Waals surface area contributed by atoms with Gasteiger partial charge in [0.15, 0.2) is 16.6 Å². The molecule has 1 N–H and O–H groups in total. The number of benzene rings is 2. The number of hydrogen-bond acceptors (Lipinski definition) is 7. The van der Waals surface area contributed by atoms with E-state index in [2.05, 4.69) is 9.71 Å². The quantitative estimate of drug-likeness (QED) is 0.696. The van der Waals surface area contributed by atoms with Crippen molar-refractivity contribution in [1.29, 1.82) is 0 Å². The maximum Gasteiger partial charge on any atom is 0.263 e. The molecule has 0 fully saturated rings. The molecular weight excluding hydrogens is 388 g/mol. The molecule has 1 aliphatic rings. The van der Waals surface area contributed by atoms with Gasteiger partial charge in [-0.15, -0.1) is 0 Å². The first-order valence-corrected chi connectivity index (χ1v) is 10.8. The summed E-state index contributed by atoms with van der Waals surface area (Å²) in [5, 5.41) is 0.297. The predicted molar refractivity (Wildman–Crippen MR) is 104 cm³/mol. The van der Waals surface area contributed by atoms with Crippen molar-refractivity contribution in [2.45, 2.75) is 18.2 Å². The van der Waals surface area contributed by atoms with Gasteiger partial charge in [-0.1, -0.05) is 11.3 Å². The molecule has 0 saturated heterocycles. The van der Waals surface area contributed by atoms with Crippen LogP contribution in [-0.4, -0.2) is 33.2 Å². The van der Waals surface area contributed by atoms with Crippen molar-refractivity contribution in [3.63, 3.8) is 0 Å². The molecule has 2 aromatic carbocycles. The summed E-state index contributed by atoms with van der Waals surface area (Å²) in [5.41, 5.74) is 0.708. The van der Waals surface area contributed by atoms with Crippen LogP contribution in [0.2, 0.25) is 0 Å². The van der Waals surface area contributed by atoms with Crippen molar-refractivity contribution >= 4 is 36.7 Å². The summed E-state index contributed by atoms with van der Waals surface area (Å²) >= 11 is 1.25. The molecule has 9 heteroatoms. The van der Waals surface area contributed by atoms with Crippen LogP contribution in [0.5, 0.6) is 17.2 Å². The van der Waals surface area contributed by atoms with Crippen LogP contribution in [0, 0.1) is 0 Å². The molecule has 0 spiro atoms. The molecular formula is C18H18N2O5S2. The minimum absolute atomic E-state index is 0.0982. The van der Waals surface area contributed by atoms with Crippen LogP contribution in [0.15, 0.2) is 41.3 Å². The zero-order valence-corrected chi connectivity index (χ0v) is 16.2. The summed E-state index contributed by atoms with van der Waals surface area (Å²) in [7, 11) is -3.80. The number of rotatable bonds is 5. The van der Waals surface area contributed by atoms with Gasteiger partial charge in [-0.2, -0.15) is 0 Å². The largest absolute Gasteiger partial charge is 0.494 e. The van der Waals surface area contributed by atoms with Gasteiger partial charge in [-0.05, 0) is 37.3 Å². The molecule has 0 saturated carbocycles. The van der Waals surface area contributed by atoms with Gasteiger partial charge < -0.3 is 14.2 Å². The number of nitrogens with one attached hydrogen (secondary N) is 1. The van der Waals surface area contributed by atoms with Gasteiger partial charge in [-0.3, -0.25) is 4.72 Å². The second-order valence-corrected chi connectivity index (χ2v) is 8.56. The van der Waals surface area contributed by atoms with E-state index < -0.39 is 10.0 Å². The number of fused-ring (bicyclic) bond motifs is 2. The highest BCUT2D eigenvalue weighted by Crippen LogP contribution is 2.34. The van der Waals surface area contributed by atoms with Crippen molar-refractivity contribution in [3.8, 4) is 17.2 Å². The van der Waals surface area contributed by atoms with Crippen LogP contribution >= 0.6 is 11.3 Å². The first-order chi connectivity index (χ1) is 13.0. The molecule has 4 rings (SSSR count). The summed E-state index contributed by atoms with van der Waals surface area (Å²) in [4.78, 5) is 4.44. The maximum absolute atomic E-state index is 12.8.